The van der Waals surface area contributed by atoms with Crippen LogP contribution in [0.1, 0.15) is 81.3 Å². The third-order valence-electron chi connectivity index (χ3n) is 9.13. The van der Waals surface area contributed by atoms with Gasteiger partial charge in [0.05, 0.1) is 0 Å². The molecule has 6 aromatic rings. The molecule has 0 saturated carbocycles. The van der Waals surface area contributed by atoms with E-state index in [2.05, 4.69) is 175 Å². The van der Waals surface area contributed by atoms with Crippen molar-refractivity contribution in [1.82, 2.24) is 0 Å². The van der Waals surface area contributed by atoms with Crippen LogP contribution in [0.4, 0.5) is 0 Å². The third-order valence-corrected chi connectivity index (χ3v) is 10.5. The van der Waals surface area contributed by atoms with Crippen molar-refractivity contribution in [2.24, 2.45) is 0 Å². The van der Waals surface area contributed by atoms with Crippen molar-refractivity contribution in [2.45, 2.75) is 65.2 Å². The molecule has 2 aliphatic rings. The fourth-order valence-corrected chi connectivity index (χ4v) is 6.99. The van der Waals surface area contributed by atoms with E-state index >= 15 is 0 Å². The standard InChI is InChI=1S/C21H14.C21H25.C5H5.2ClH.Zr/c1-3-7-20-14-16(9-11-18(20)5-1)13-17-10-12-19-6-2-4-8-21(19)15-17;1-20(2,3)16-7-9-18-14(12-16)11-15-13-17(21(4,5)6)8-10-19(15)18;1-2-4-5-3-1;;;/h1-12,14-15H;7-10,12H,11H2,1-6H3;1-3H,4H2;2*1H;/q;2*-1;;;+2/p-2. The summed E-state index contributed by atoms with van der Waals surface area (Å²) in [7, 11) is 0. The van der Waals surface area contributed by atoms with Gasteiger partial charge in [-0.2, -0.15) is 29.8 Å². The Morgan fingerprint density at radius 2 is 1.16 bits per heavy atom. The van der Waals surface area contributed by atoms with E-state index in [9.17, 15) is 0 Å². The summed E-state index contributed by atoms with van der Waals surface area (Å²) < 4.78 is 1.41. The summed E-state index contributed by atoms with van der Waals surface area (Å²) in [5.41, 5.74) is 11.4. The Bertz CT molecular complexity index is 2020. The molecule has 0 aliphatic heterocycles. The van der Waals surface area contributed by atoms with Crippen LogP contribution >= 0.6 is 0 Å². The normalized spacial score (nSPS) is 12.5. The van der Waals surface area contributed by atoms with Crippen molar-refractivity contribution < 1.29 is 49.0 Å². The molecule has 0 fully saturated rings. The molecule has 6 aromatic carbocycles. The van der Waals surface area contributed by atoms with Crippen LogP contribution in [-0.2, 0) is 41.5 Å². The number of rotatable bonds is 2. The second-order valence-electron chi connectivity index (χ2n) is 14.8. The maximum atomic E-state index is 3.67. The number of halogens is 2. The Morgan fingerprint density at radius 1 is 0.600 bits per heavy atom. The van der Waals surface area contributed by atoms with E-state index < -0.39 is 0 Å². The second kappa shape index (κ2) is 16.8. The molecule has 252 valence electrons. The number of hydrogen-bond donors (Lipinski definition) is 0. The van der Waals surface area contributed by atoms with Crippen LogP contribution in [0.25, 0.3) is 32.7 Å². The molecule has 0 unspecified atom stereocenters. The van der Waals surface area contributed by atoms with Gasteiger partial charge >= 0.3 is 145 Å². The number of fused-ring (bicyclic) bond motifs is 5. The molecule has 3 heteroatoms. The summed E-state index contributed by atoms with van der Waals surface area (Å²) in [6.07, 6.45) is 11.0. The van der Waals surface area contributed by atoms with Gasteiger partial charge in [0.2, 0.25) is 0 Å². The predicted octanol–water partition coefficient (Wildman–Crippen LogP) is 6.08. The summed E-state index contributed by atoms with van der Waals surface area (Å²) in [4.78, 5) is 0. The molecular weight excluding hydrogens is 727 g/mol. The number of allylic oxidation sites excluding steroid dienone is 4. The monoisotopic (exact) mass is 768 g/mol. The summed E-state index contributed by atoms with van der Waals surface area (Å²) >= 11 is 1.44. The number of hydrogen-bond acceptors (Lipinski definition) is 0. The first-order chi connectivity index (χ1) is 23.0. The predicted molar refractivity (Wildman–Crippen MR) is 204 cm³/mol. The first kappa shape index (κ1) is 39.4. The molecule has 0 saturated heterocycles. The average molecular weight is 771 g/mol. The first-order valence-electron chi connectivity index (χ1n) is 17.0. The quantitative estimate of drug-likeness (QED) is 0.187. The fraction of sp³-hybridized carbons (Fsp3) is 0.213. The van der Waals surface area contributed by atoms with Gasteiger partial charge in [0.15, 0.2) is 0 Å². The molecule has 0 aromatic heterocycles. The molecule has 50 heavy (non-hydrogen) atoms. The molecule has 8 rings (SSSR count). The maximum absolute atomic E-state index is 3.67. The van der Waals surface area contributed by atoms with E-state index in [1.807, 2.05) is 12.2 Å². The van der Waals surface area contributed by atoms with Gasteiger partial charge in [0.25, 0.3) is 0 Å². The van der Waals surface area contributed by atoms with Gasteiger partial charge in [0.1, 0.15) is 0 Å². The van der Waals surface area contributed by atoms with E-state index in [0.29, 0.717) is 0 Å². The third kappa shape index (κ3) is 9.30. The molecule has 0 radical (unpaired) electrons. The van der Waals surface area contributed by atoms with E-state index in [0.717, 1.165) is 12.8 Å². The van der Waals surface area contributed by atoms with Crippen LogP contribution in [0.2, 0.25) is 0 Å². The molecule has 0 heterocycles. The molecule has 0 nitrogen and oxygen atoms in total. The summed E-state index contributed by atoms with van der Waals surface area (Å²) in [6.45, 7) is 13.6. The van der Waals surface area contributed by atoms with Crippen LogP contribution in [0.5, 0.6) is 0 Å². The van der Waals surface area contributed by atoms with Gasteiger partial charge in [-0.05, 0) is 28.4 Å². The van der Waals surface area contributed by atoms with Crippen LogP contribution in [0, 0.1) is 12.1 Å². The van der Waals surface area contributed by atoms with Crippen molar-refractivity contribution in [3.05, 3.63) is 179 Å². The molecule has 0 N–H and O–H groups in total. The van der Waals surface area contributed by atoms with Crippen molar-refractivity contribution in [3.63, 3.8) is 0 Å². The minimum absolute atomic E-state index is 0. The second-order valence-corrected chi connectivity index (χ2v) is 16.0. The minimum atomic E-state index is 0. The molecule has 0 spiro atoms. The Kier molecular flexibility index (Phi) is 13.2. The molecular formula is C47H44Cl2Zr-2. The molecule has 0 bridgehead atoms. The van der Waals surface area contributed by atoms with Crippen molar-refractivity contribution in [3.8, 4) is 11.1 Å². The SMILES string of the molecule is CC(C)(C)c1[c-]c2c(cc1)-c1ccc(C(C)(C)C)cc1C2.[C-]1=CC=CC1.[Cl-].[Cl-].[Zr+2]=[C](c1ccc2ccccc2c1)c1ccc2ccccc2c1. The Labute approximate surface area is 326 Å². The van der Waals surface area contributed by atoms with Crippen molar-refractivity contribution >= 4 is 24.8 Å². The van der Waals surface area contributed by atoms with Gasteiger partial charge in [-0.25, -0.2) is 12.2 Å². The van der Waals surface area contributed by atoms with Crippen LogP contribution in [0.3, 0.4) is 0 Å². The van der Waals surface area contributed by atoms with Gasteiger partial charge in [-0.1, -0.05) is 65.3 Å². The van der Waals surface area contributed by atoms with Crippen LogP contribution in [0.15, 0.2) is 133 Å². The fourth-order valence-electron chi connectivity index (χ4n) is 6.22. The number of benzene rings is 6. The summed E-state index contributed by atoms with van der Waals surface area (Å²) in [6, 6.07) is 45.8. The first-order valence-corrected chi connectivity index (χ1v) is 18.2. The van der Waals surface area contributed by atoms with Gasteiger partial charge in [0, 0.05) is 0 Å². The average Bonchev–Trinajstić information content (AvgIpc) is 3.79. The molecule has 0 atom stereocenters. The Hall–Kier alpha value is -3.35. The zero-order valence-electron chi connectivity index (χ0n) is 29.9. The molecule has 0 amide bonds. The van der Waals surface area contributed by atoms with Crippen molar-refractivity contribution in [1.29, 1.82) is 0 Å². The topological polar surface area (TPSA) is 0 Å². The zero-order valence-corrected chi connectivity index (χ0v) is 33.8. The Morgan fingerprint density at radius 3 is 1.64 bits per heavy atom. The Balaban J connectivity index is 0.000000190. The molecule has 2 aliphatic carbocycles. The van der Waals surface area contributed by atoms with Gasteiger partial charge < -0.3 is 24.8 Å². The van der Waals surface area contributed by atoms with Crippen LogP contribution < -0.4 is 24.8 Å². The van der Waals surface area contributed by atoms with E-state index in [4.69, 9.17) is 0 Å². The van der Waals surface area contributed by atoms with Crippen molar-refractivity contribution in [2.75, 3.05) is 0 Å². The van der Waals surface area contributed by atoms with Gasteiger partial charge in [-0.3, -0.25) is 6.08 Å². The van der Waals surface area contributed by atoms with E-state index in [1.165, 1.54) is 93.5 Å². The van der Waals surface area contributed by atoms with Crippen LogP contribution in [-0.4, -0.2) is 3.21 Å². The van der Waals surface area contributed by atoms with E-state index in [1.54, 1.807) is 0 Å². The summed E-state index contributed by atoms with van der Waals surface area (Å²) in [5, 5.41) is 5.21. The van der Waals surface area contributed by atoms with Gasteiger partial charge in [-0.15, -0.1) is 17.5 Å². The van der Waals surface area contributed by atoms with E-state index in [-0.39, 0.29) is 35.6 Å². The zero-order chi connectivity index (χ0) is 33.9. The summed E-state index contributed by atoms with van der Waals surface area (Å²) in [5.74, 6) is 0.